The summed E-state index contributed by atoms with van der Waals surface area (Å²) in [5.41, 5.74) is 2.63. The molecule has 1 aromatic rings. The van der Waals surface area contributed by atoms with Crippen molar-refractivity contribution in [3.05, 3.63) is 29.6 Å². The Labute approximate surface area is 84.1 Å². The first kappa shape index (κ1) is 8.16. The van der Waals surface area contributed by atoms with Crippen molar-refractivity contribution in [3.63, 3.8) is 0 Å². The SMILES string of the molecule is C1=NC(C2CC2)CCc2cnccc21. The summed E-state index contributed by atoms with van der Waals surface area (Å²) >= 11 is 0. The molecule has 0 spiro atoms. The van der Waals surface area contributed by atoms with Crippen molar-refractivity contribution in [3.8, 4) is 0 Å². The van der Waals surface area contributed by atoms with Gasteiger partial charge in [-0.2, -0.15) is 0 Å². The van der Waals surface area contributed by atoms with Crippen molar-refractivity contribution in [2.75, 3.05) is 0 Å². The van der Waals surface area contributed by atoms with Crippen LogP contribution in [0.15, 0.2) is 23.5 Å². The number of rotatable bonds is 1. The summed E-state index contributed by atoms with van der Waals surface area (Å²) in [6.07, 6.45) is 11.0. The summed E-state index contributed by atoms with van der Waals surface area (Å²) in [6, 6.07) is 2.65. The van der Waals surface area contributed by atoms with E-state index in [1.165, 1.54) is 30.4 Å². The molecular formula is C12H14N2. The largest absolute Gasteiger partial charge is 0.289 e. The highest BCUT2D eigenvalue weighted by molar-refractivity contribution is 5.82. The molecule has 1 aliphatic heterocycles. The van der Waals surface area contributed by atoms with E-state index in [0.717, 1.165) is 12.3 Å². The molecule has 1 aliphatic carbocycles. The smallest absolute Gasteiger partial charge is 0.0531 e. The maximum Gasteiger partial charge on any atom is 0.0531 e. The third-order valence-corrected chi connectivity index (χ3v) is 3.22. The number of hydrogen-bond acceptors (Lipinski definition) is 2. The molecular weight excluding hydrogens is 172 g/mol. The Morgan fingerprint density at radius 2 is 2.14 bits per heavy atom. The van der Waals surface area contributed by atoms with Gasteiger partial charge in [-0.3, -0.25) is 9.98 Å². The van der Waals surface area contributed by atoms with Crippen LogP contribution in [-0.4, -0.2) is 17.2 Å². The Morgan fingerprint density at radius 1 is 1.21 bits per heavy atom. The van der Waals surface area contributed by atoms with Gasteiger partial charge in [0.1, 0.15) is 0 Å². The van der Waals surface area contributed by atoms with Gasteiger partial charge in [-0.05, 0) is 48.8 Å². The van der Waals surface area contributed by atoms with Gasteiger partial charge < -0.3 is 0 Å². The molecule has 0 N–H and O–H groups in total. The molecule has 1 aromatic heterocycles. The average molecular weight is 186 g/mol. The summed E-state index contributed by atoms with van der Waals surface area (Å²) in [4.78, 5) is 8.84. The fourth-order valence-corrected chi connectivity index (χ4v) is 2.17. The predicted molar refractivity (Wildman–Crippen MR) is 56.7 cm³/mol. The minimum absolute atomic E-state index is 0.586. The molecule has 1 unspecified atom stereocenters. The molecule has 1 atom stereocenters. The van der Waals surface area contributed by atoms with Crippen LogP contribution in [0, 0.1) is 5.92 Å². The van der Waals surface area contributed by atoms with Crippen LogP contribution in [0.1, 0.15) is 30.4 Å². The molecule has 2 aliphatic rings. The van der Waals surface area contributed by atoms with Crippen molar-refractivity contribution in [2.45, 2.75) is 31.7 Å². The van der Waals surface area contributed by atoms with E-state index in [9.17, 15) is 0 Å². The third kappa shape index (κ3) is 1.45. The lowest BCUT2D eigenvalue weighted by atomic mass is 10.0. The maximum atomic E-state index is 4.67. The summed E-state index contributed by atoms with van der Waals surface area (Å²) in [7, 11) is 0. The summed E-state index contributed by atoms with van der Waals surface area (Å²) in [6.45, 7) is 0. The van der Waals surface area contributed by atoms with E-state index in [4.69, 9.17) is 0 Å². The first-order valence-corrected chi connectivity index (χ1v) is 5.39. The predicted octanol–water partition coefficient (Wildman–Crippen LogP) is 2.23. The molecule has 3 rings (SSSR count). The maximum absolute atomic E-state index is 4.67. The van der Waals surface area contributed by atoms with Gasteiger partial charge in [-0.15, -0.1) is 0 Å². The monoisotopic (exact) mass is 186 g/mol. The summed E-state index contributed by atoms with van der Waals surface area (Å²) in [5, 5.41) is 0. The van der Waals surface area contributed by atoms with Crippen LogP contribution in [0.3, 0.4) is 0 Å². The molecule has 14 heavy (non-hydrogen) atoms. The Hall–Kier alpha value is -1.18. The number of aromatic nitrogens is 1. The molecule has 0 radical (unpaired) electrons. The quantitative estimate of drug-likeness (QED) is 0.660. The van der Waals surface area contributed by atoms with E-state index in [1.54, 1.807) is 0 Å². The van der Waals surface area contributed by atoms with Gasteiger partial charge in [0.05, 0.1) is 6.04 Å². The minimum Gasteiger partial charge on any atom is -0.289 e. The second kappa shape index (κ2) is 3.19. The Kier molecular flexibility index (Phi) is 1.86. The van der Waals surface area contributed by atoms with Gasteiger partial charge in [0, 0.05) is 18.6 Å². The zero-order valence-corrected chi connectivity index (χ0v) is 8.19. The van der Waals surface area contributed by atoms with Crippen LogP contribution in [0.2, 0.25) is 0 Å². The van der Waals surface area contributed by atoms with Crippen LogP contribution >= 0.6 is 0 Å². The normalized spacial score (nSPS) is 25.6. The van der Waals surface area contributed by atoms with Crippen LogP contribution in [0.4, 0.5) is 0 Å². The van der Waals surface area contributed by atoms with E-state index < -0.39 is 0 Å². The van der Waals surface area contributed by atoms with Crippen LogP contribution in [-0.2, 0) is 6.42 Å². The van der Waals surface area contributed by atoms with E-state index >= 15 is 0 Å². The van der Waals surface area contributed by atoms with Crippen molar-refractivity contribution in [1.82, 2.24) is 4.98 Å². The fourth-order valence-electron chi connectivity index (χ4n) is 2.17. The molecule has 0 aromatic carbocycles. The third-order valence-electron chi connectivity index (χ3n) is 3.22. The standard InChI is InChI=1S/C12H14N2/c1-2-9(1)12-4-3-10-7-13-6-5-11(10)8-14-12/h5-9,12H,1-4H2. The second-order valence-corrected chi connectivity index (χ2v) is 4.30. The van der Waals surface area contributed by atoms with Gasteiger partial charge in [0.2, 0.25) is 0 Å². The fraction of sp³-hybridized carbons (Fsp3) is 0.500. The van der Waals surface area contributed by atoms with Gasteiger partial charge >= 0.3 is 0 Å². The lowest BCUT2D eigenvalue weighted by molar-refractivity contribution is 0.558. The molecule has 0 amide bonds. The van der Waals surface area contributed by atoms with E-state index in [0.29, 0.717) is 6.04 Å². The number of fused-ring (bicyclic) bond motifs is 1. The van der Waals surface area contributed by atoms with Crippen LogP contribution in [0.25, 0.3) is 0 Å². The minimum atomic E-state index is 0.586. The molecule has 0 bridgehead atoms. The molecule has 1 fully saturated rings. The topological polar surface area (TPSA) is 25.2 Å². The van der Waals surface area contributed by atoms with Gasteiger partial charge in [0.25, 0.3) is 0 Å². The van der Waals surface area contributed by atoms with E-state index in [1.807, 2.05) is 18.6 Å². The highest BCUT2D eigenvalue weighted by Crippen LogP contribution is 2.37. The Balaban J connectivity index is 1.88. The number of nitrogens with zero attached hydrogens (tertiary/aromatic N) is 2. The first-order chi connectivity index (χ1) is 6.93. The zero-order chi connectivity index (χ0) is 9.38. The van der Waals surface area contributed by atoms with Crippen molar-refractivity contribution in [2.24, 2.45) is 10.9 Å². The average Bonchev–Trinajstić information content (AvgIpc) is 3.03. The lowest BCUT2D eigenvalue weighted by Gasteiger charge is -2.07. The van der Waals surface area contributed by atoms with Crippen molar-refractivity contribution >= 4 is 6.21 Å². The molecule has 1 saturated carbocycles. The molecule has 2 heteroatoms. The molecule has 2 heterocycles. The van der Waals surface area contributed by atoms with Crippen molar-refractivity contribution < 1.29 is 0 Å². The summed E-state index contributed by atoms with van der Waals surface area (Å²) < 4.78 is 0. The van der Waals surface area contributed by atoms with Gasteiger partial charge in [-0.25, -0.2) is 0 Å². The van der Waals surface area contributed by atoms with E-state index in [-0.39, 0.29) is 0 Å². The first-order valence-electron chi connectivity index (χ1n) is 5.39. The zero-order valence-electron chi connectivity index (χ0n) is 8.19. The number of aryl methyl sites for hydroxylation is 1. The number of pyridine rings is 1. The van der Waals surface area contributed by atoms with Crippen molar-refractivity contribution in [1.29, 1.82) is 0 Å². The highest BCUT2D eigenvalue weighted by atomic mass is 14.8. The second-order valence-electron chi connectivity index (χ2n) is 4.30. The molecule has 72 valence electrons. The van der Waals surface area contributed by atoms with E-state index in [2.05, 4.69) is 16.0 Å². The Bertz CT molecular complexity index is 366. The highest BCUT2D eigenvalue weighted by Gasteiger charge is 2.31. The summed E-state index contributed by atoms with van der Waals surface area (Å²) in [5.74, 6) is 0.883. The Morgan fingerprint density at radius 3 is 3.00 bits per heavy atom. The molecule has 0 saturated heterocycles. The number of aliphatic imine (C=N–C) groups is 1. The van der Waals surface area contributed by atoms with Crippen LogP contribution in [0.5, 0.6) is 0 Å². The number of hydrogen-bond donors (Lipinski definition) is 0. The molecule has 2 nitrogen and oxygen atoms in total. The van der Waals surface area contributed by atoms with Crippen LogP contribution < -0.4 is 0 Å². The lowest BCUT2D eigenvalue weighted by Crippen LogP contribution is -2.06. The van der Waals surface area contributed by atoms with Gasteiger partial charge in [0.15, 0.2) is 0 Å². The van der Waals surface area contributed by atoms with Gasteiger partial charge in [-0.1, -0.05) is 0 Å².